The largest absolute Gasteiger partial charge is 0.388 e. The van der Waals surface area contributed by atoms with Crippen LogP contribution < -0.4 is 5.32 Å². The van der Waals surface area contributed by atoms with Gasteiger partial charge in [-0.15, -0.1) is 0 Å². The molecule has 1 saturated carbocycles. The quantitative estimate of drug-likeness (QED) is 0.801. The van der Waals surface area contributed by atoms with E-state index in [1.165, 1.54) is 25.7 Å². The minimum absolute atomic E-state index is 0.0616. The van der Waals surface area contributed by atoms with Gasteiger partial charge in [-0.2, -0.15) is 0 Å². The molecule has 2 N–H and O–H groups in total. The van der Waals surface area contributed by atoms with E-state index in [1.54, 1.807) is 0 Å². The molecule has 110 valence electrons. The summed E-state index contributed by atoms with van der Waals surface area (Å²) in [5, 5.41) is 13.2. The summed E-state index contributed by atoms with van der Waals surface area (Å²) in [4.78, 5) is 12.1. The highest BCUT2D eigenvalue weighted by atomic mass is 16.5. The summed E-state index contributed by atoms with van der Waals surface area (Å²) < 4.78 is 5.24. The first-order valence-corrected chi connectivity index (χ1v) is 7.67. The van der Waals surface area contributed by atoms with Gasteiger partial charge in [-0.25, -0.2) is 0 Å². The molecular formula is C15H27NO3. The van der Waals surface area contributed by atoms with Crippen LogP contribution in [0.3, 0.4) is 0 Å². The van der Waals surface area contributed by atoms with Crippen LogP contribution >= 0.6 is 0 Å². The molecule has 1 unspecified atom stereocenters. The molecule has 2 aliphatic rings. The van der Waals surface area contributed by atoms with E-state index in [4.69, 9.17) is 4.74 Å². The first-order chi connectivity index (χ1) is 9.09. The van der Waals surface area contributed by atoms with Crippen molar-refractivity contribution in [2.24, 2.45) is 11.8 Å². The Morgan fingerprint density at radius 3 is 2.63 bits per heavy atom. The second-order valence-electron chi connectivity index (χ2n) is 6.34. The molecular weight excluding hydrogens is 242 g/mol. The molecule has 2 fully saturated rings. The Balaban J connectivity index is 1.70. The zero-order chi connectivity index (χ0) is 13.7. The molecule has 2 rings (SSSR count). The van der Waals surface area contributed by atoms with Crippen LogP contribution in [-0.4, -0.2) is 36.4 Å². The minimum Gasteiger partial charge on any atom is -0.388 e. The zero-order valence-corrected chi connectivity index (χ0v) is 12.0. The molecule has 0 bridgehead atoms. The summed E-state index contributed by atoms with van der Waals surface area (Å²) in [5.74, 6) is 0.880. The lowest BCUT2D eigenvalue weighted by molar-refractivity contribution is -0.127. The van der Waals surface area contributed by atoms with Crippen molar-refractivity contribution in [2.75, 3.05) is 19.8 Å². The molecule has 0 aromatic carbocycles. The topological polar surface area (TPSA) is 58.6 Å². The standard InChI is InChI=1S/C15H27NO3/c1-12(10-13-4-2-3-5-13)14(17)16-11-15(18)6-8-19-9-7-15/h12-13,18H,2-11H2,1H3,(H,16,17). The number of amides is 1. The van der Waals surface area contributed by atoms with E-state index < -0.39 is 5.60 Å². The van der Waals surface area contributed by atoms with Crippen LogP contribution in [0.2, 0.25) is 0 Å². The van der Waals surface area contributed by atoms with Gasteiger partial charge < -0.3 is 15.2 Å². The Hall–Kier alpha value is -0.610. The van der Waals surface area contributed by atoms with E-state index in [9.17, 15) is 9.90 Å². The van der Waals surface area contributed by atoms with Gasteiger partial charge >= 0.3 is 0 Å². The molecule has 0 aromatic rings. The van der Waals surface area contributed by atoms with Crippen molar-refractivity contribution in [2.45, 2.75) is 57.5 Å². The Bertz CT molecular complexity index is 294. The monoisotopic (exact) mass is 269 g/mol. The first-order valence-electron chi connectivity index (χ1n) is 7.67. The molecule has 4 nitrogen and oxygen atoms in total. The van der Waals surface area contributed by atoms with Gasteiger partial charge in [-0.05, 0) is 12.3 Å². The molecule has 0 aromatic heterocycles. The maximum absolute atomic E-state index is 12.1. The number of ether oxygens (including phenoxy) is 1. The van der Waals surface area contributed by atoms with Crippen LogP contribution in [-0.2, 0) is 9.53 Å². The molecule has 0 radical (unpaired) electrons. The number of hydrogen-bond donors (Lipinski definition) is 2. The second kappa shape index (κ2) is 6.71. The molecule has 1 aliphatic carbocycles. The number of rotatable bonds is 5. The van der Waals surface area contributed by atoms with Crippen molar-refractivity contribution in [1.29, 1.82) is 0 Å². The van der Waals surface area contributed by atoms with Crippen molar-refractivity contribution in [1.82, 2.24) is 5.32 Å². The average molecular weight is 269 g/mol. The normalized spacial score (nSPS) is 25.2. The van der Waals surface area contributed by atoms with E-state index in [2.05, 4.69) is 5.32 Å². The van der Waals surface area contributed by atoms with Crippen LogP contribution in [0.25, 0.3) is 0 Å². The van der Waals surface area contributed by atoms with Crippen LogP contribution in [0.5, 0.6) is 0 Å². The third-order valence-electron chi connectivity index (χ3n) is 4.62. The highest BCUT2D eigenvalue weighted by Gasteiger charge is 2.31. The van der Waals surface area contributed by atoms with Gasteiger partial charge in [0.1, 0.15) is 0 Å². The molecule has 1 saturated heterocycles. The molecule has 1 heterocycles. The number of hydrogen-bond acceptors (Lipinski definition) is 3. The highest BCUT2D eigenvalue weighted by Crippen LogP contribution is 2.30. The molecule has 4 heteroatoms. The predicted molar refractivity (Wildman–Crippen MR) is 73.8 cm³/mol. The molecule has 1 atom stereocenters. The summed E-state index contributed by atoms with van der Waals surface area (Å²) in [7, 11) is 0. The van der Waals surface area contributed by atoms with Crippen LogP contribution in [0.15, 0.2) is 0 Å². The smallest absolute Gasteiger partial charge is 0.222 e. The summed E-state index contributed by atoms with van der Waals surface area (Å²) in [6.07, 6.45) is 7.41. The van der Waals surface area contributed by atoms with Gasteiger partial charge in [0.15, 0.2) is 0 Å². The van der Waals surface area contributed by atoms with Crippen molar-refractivity contribution in [3.63, 3.8) is 0 Å². The van der Waals surface area contributed by atoms with E-state index in [-0.39, 0.29) is 11.8 Å². The molecule has 19 heavy (non-hydrogen) atoms. The molecule has 0 spiro atoms. The number of nitrogens with one attached hydrogen (secondary N) is 1. The van der Waals surface area contributed by atoms with E-state index >= 15 is 0 Å². The minimum atomic E-state index is -0.763. The van der Waals surface area contributed by atoms with Crippen molar-refractivity contribution < 1.29 is 14.6 Å². The second-order valence-corrected chi connectivity index (χ2v) is 6.34. The van der Waals surface area contributed by atoms with Crippen molar-refractivity contribution >= 4 is 5.91 Å². The van der Waals surface area contributed by atoms with E-state index in [1.807, 2.05) is 6.92 Å². The van der Waals surface area contributed by atoms with Crippen LogP contribution in [0.4, 0.5) is 0 Å². The van der Waals surface area contributed by atoms with Crippen LogP contribution in [0.1, 0.15) is 51.9 Å². The summed E-state index contributed by atoms with van der Waals surface area (Å²) in [6.45, 7) is 3.54. The lowest BCUT2D eigenvalue weighted by Gasteiger charge is -2.32. The number of aliphatic hydroxyl groups is 1. The highest BCUT2D eigenvalue weighted by molar-refractivity contribution is 5.78. The maximum Gasteiger partial charge on any atom is 0.222 e. The third-order valence-corrected chi connectivity index (χ3v) is 4.62. The van der Waals surface area contributed by atoms with Crippen molar-refractivity contribution in [3.05, 3.63) is 0 Å². The zero-order valence-electron chi connectivity index (χ0n) is 12.0. The maximum atomic E-state index is 12.1. The number of carbonyl (C=O) groups is 1. The fraction of sp³-hybridized carbons (Fsp3) is 0.933. The molecule has 1 amide bonds. The predicted octanol–water partition coefficient (Wildman–Crippen LogP) is 1.86. The Kier molecular flexibility index (Phi) is 5.22. The fourth-order valence-electron chi connectivity index (χ4n) is 3.21. The van der Waals surface area contributed by atoms with Gasteiger partial charge in [0.2, 0.25) is 5.91 Å². The number of carbonyl (C=O) groups excluding carboxylic acids is 1. The van der Waals surface area contributed by atoms with Gasteiger partial charge in [-0.3, -0.25) is 4.79 Å². The Labute approximate surface area is 115 Å². The lowest BCUT2D eigenvalue weighted by Crippen LogP contribution is -2.47. The Morgan fingerprint density at radius 1 is 1.37 bits per heavy atom. The van der Waals surface area contributed by atoms with E-state index in [0.29, 0.717) is 32.6 Å². The SMILES string of the molecule is CC(CC1CCCC1)C(=O)NCC1(O)CCOCC1. The summed E-state index contributed by atoms with van der Waals surface area (Å²) >= 11 is 0. The third kappa shape index (κ3) is 4.46. The summed E-state index contributed by atoms with van der Waals surface area (Å²) in [5.41, 5.74) is -0.763. The van der Waals surface area contributed by atoms with Crippen molar-refractivity contribution in [3.8, 4) is 0 Å². The first kappa shape index (κ1) is 14.8. The molecule has 1 aliphatic heterocycles. The summed E-state index contributed by atoms with van der Waals surface area (Å²) in [6, 6.07) is 0. The van der Waals surface area contributed by atoms with Gasteiger partial charge in [-0.1, -0.05) is 32.6 Å². The van der Waals surface area contributed by atoms with Gasteiger partial charge in [0.25, 0.3) is 0 Å². The van der Waals surface area contributed by atoms with Gasteiger partial charge in [0.05, 0.1) is 5.60 Å². The van der Waals surface area contributed by atoms with Crippen LogP contribution in [0, 0.1) is 11.8 Å². The fourth-order valence-corrected chi connectivity index (χ4v) is 3.21. The van der Waals surface area contributed by atoms with Gasteiger partial charge in [0, 0.05) is 38.5 Å². The lowest BCUT2D eigenvalue weighted by atomic mass is 9.92. The average Bonchev–Trinajstić information content (AvgIpc) is 2.90. The Morgan fingerprint density at radius 2 is 2.00 bits per heavy atom. The van der Waals surface area contributed by atoms with E-state index in [0.717, 1.165) is 12.3 Å².